The van der Waals surface area contributed by atoms with Crippen molar-refractivity contribution < 1.29 is 4.39 Å². The molecule has 0 saturated carbocycles. The maximum absolute atomic E-state index is 13.6. The molecule has 0 saturated heterocycles. The van der Waals surface area contributed by atoms with Crippen LogP contribution in [0.25, 0.3) is 11.1 Å². The molecule has 0 atom stereocenters. The molecule has 0 bridgehead atoms. The zero-order valence-corrected chi connectivity index (χ0v) is 10.2. The molecule has 3 heteroatoms. The van der Waals surface area contributed by atoms with Gasteiger partial charge in [-0.15, -0.1) is 0 Å². The largest absolute Gasteiger partial charge is 0.269 e. The van der Waals surface area contributed by atoms with E-state index in [9.17, 15) is 4.39 Å². The Kier molecular flexibility index (Phi) is 3.57. The van der Waals surface area contributed by atoms with E-state index in [4.69, 9.17) is 0 Å². The second-order valence-corrected chi connectivity index (χ2v) is 4.16. The Bertz CT molecular complexity index is 486. The molecule has 2 nitrogen and oxygen atoms in total. The lowest BCUT2D eigenvalue weighted by molar-refractivity contribution is 0.428. The van der Waals surface area contributed by atoms with Crippen molar-refractivity contribution in [3.63, 3.8) is 0 Å². The summed E-state index contributed by atoms with van der Waals surface area (Å²) in [6.07, 6.45) is 5.73. The molecule has 90 valence electrons. The molecule has 1 aromatic heterocycles. The Morgan fingerprint density at radius 2 is 1.94 bits per heavy atom. The molecule has 0 unspecified atom stereocenters. The molecule has 0 aliphatic carbocycles. The van der Waals surface area contributed by atoms with Crippen molar-refractivity contribution in [1.29, 1.82) is 0 Å². The van der Waals surface area contributed by atoms with Crippen molar-refractivity contribution in [1.82, 2.24) is 9.78 Å². The van der Waals surface area contributed by atoms with Crippen molar-refractivity contribution in [2.75, 3.05) is 0 Å². The first kappa shape index (κ1) is 11.8. The molecule has 1 heterocycles. The van der Waals surface area contributed by atoms with Crippen LogP contribution in [-0.4, -0.2) is 9.78 Å². The van der Waals surface area contributed by atoms with Crippen molar-refractivity contribution in [2.45, 2.75) is 32.7 Å². The molecule has 0 aliphatic heterocycles. The van der Waals surface area contributed by atoms with Crippen LogP contribution in [0, 0.1) is 5.82 Å². The van der Waals surface area contributed by atoms with Gasteiger partial charge in [-0.05, 0) is 18.9 Å². The summed E-state index contributed by atoms with van der Waals surface area (Å²) in [5.74, 6) is -0.198. The van der Waals surface area contributed by atoms with Gasteiger partial charge in [0.2, 0.25) is 0 Å². The van der Waals surface area contributed by atoms with Crippen molar-refractivity contribution in [3.8, 4) is 11.1 Å². The summed E-state index contributed by atoms with van der Waals surface area (Å²) in [6, 6.07) is 7.19. The van der Waals surface area contributed by atoms with Gasteiger partial charge >= 0.3 is 0 Å². The van der Waals surface area contributed by atoms with Gasteiger partial charge in [0.05, 0.1) is 12.2 Å². The minimum atomic E-state index is -0.198. The van der Waals surface area contributed by atoms with Gasteiger partial charge in [0.15, 0.2) is 0 Å². The van der Waals surface area contributed by atoms with Gasteiger partial charge in [-0.25, -0.2) is 4.39 Å². The molecule has 2 rings (SSSR count). The summed E-state index contributed by atoms with van der Waals surface area (Å²) >= 11 is 0. The number of rotatable bonds is 4. The first-order chi connectivity index (χ1) is 8.26. The quantitative estimate of drug-likeness (QED) is 0.777. The molecule has 0 radical (unpaired) electrons. The Balaban J connectivity index is 2.33. The highest BCUT2D eigenvalue weighted by Crippen LogP contribution is 2.24. The Morgan fingerprint density at radius 3 is 2.59 bits per heavy atom. The molecule has 0 aliphatic rings. The first-order valence-corrected chi connectivity index (χ1v) is 6.05. The van der Waals surface area contributed by atoms with Gasteiger partial charge in [0, 0.05) is 17.3 Å². The third-order valence-electron chi connectivity index (χ3n) is 3.10. The Hall–Kier alpha value is -1.64. The van der Waals surface area contributed by atoms with Gasteiger partial charge in [0.1, 0.15) is 5.82 Å². The van der Waals surface area contributed by atoms with Crippen LogP contribution in [0.1, 0.15) is 32.7 Å². The molecule has 0 N–H and O–H groups in total. The highest BCUT2D eigenvalue weighted by Gasteiger charge is 2.10. The fraction of sp³-hybridized carbons (Fsp3) is 0.357. The summed E-state index contributed by atoms with van der Waals surface area (Å²) in [5.41, 5.74) is 1.46. The fourth-order valence-corrected chi connectivity index (χ4v) is 2.03. The average Bonchev–Trinajstić information content (AvgIpc) is 2.81. The lowest BCUT2D eigenvalue weighted by Crippen LogP contribution is -2.06. The predicted molar refractivity (Wildman–Crippen MR) is 67.2 cm³/mol. The van der Waals surface area contributed by atoms with Gasteiger partial charge in [-0.3, -0.25) is 4.68 Å². The molecule has 1 aromatic carbocycles. The van der Waals surface area contributed by atoms with E-state index in [0.29, 0.717) is 11.6 Å². The van der Waals surface area contributed by atoms with Crippen LogP contribution in [-0.2, 0) is 0 Å². The van der Waals surface area contributed by atoms with E-state index < -0.39 is 0 Å². The Labute approximate surface area is 101 Å². The summed E-state index contributed by atoms with van der Waals surface area (Å²) < 4.78 is 15.5. The molecule has 17 heavy (non-hydrogen) atoms. The van der Waals surface area contributed by atoms with Gasteiger partial charge < -0.3 is 0 Å². The monoisotopic (exact) mass is 232 g/mol. The number of hydrogen-bond donors (Lipinski definition) is 0. The minimum absolute atomic E-state index is 0.198. The van der Waals surface area contributed by atoms with Crippen molar-refractivity contribution >= 4 is 0 Å². The van der Waals surface area contributed by atoms with Crippen LogP contribution in [0.5, 0.6) is 0 Å². The number of halogens is 1. The zero-order chi connectivity index (χ0) is 12.3. The highest BCUT2D eigenvalue weighted by atomic mass is 19.1. The van der Waals surface area contributed by atoms with E-state index in [1.165, 1.54) is 6.07 Å². The normalized spacial score (nSPS) is 11.1. The van der Waals surface area contributed by atoms with Gasteiger partial charge in [-0.2, -0.15) is 5.10 Å². The highest BCUT2D eigenvalue weighted by molar-refractivity contribution is 5.62. The summed E-state index contributed by atoms with van der Waals surface area (Å²) in [5, 5.41) is 4.33. The third-order valence-corrected chi connectivity index (χ3v) is 3.10. The molecule has 2 aromatic rings. The maximum Gasteiger partial charge on any atom is 0.131 e. The van der Waals surface area contributed by atoms with Crippen LogP contribution in [0.4, 0.5) is 4.39 Å². The van der Waals surface area contributed by atoms with Gasteiger partial charge in [0.25, 0.3) is 0 Å². The summed E-state index contributed by atoms with van der Waals surface area (Å²) in [7, 11) is 0. The lowest BCUT2D eigenvalue weighted by Gasteiger charge is -2.12. The molecule has 0 spiro atoms. The minimum Gasteiger partial charge on any atom is -0.269 e. The van der Waals surface area contributed by atoms with Crippen LogP contribution in [0.15, 0.2) is 36.7 Å². The molecule has 0 amide bonds. The molecular formula is C14H17FN2. The number of aromatic nitrogens is 2. The SMILES string of the molecule is CCC(CC)n1cc(-c2ccccc2F)cn1. The predicted octanol–water partition coefficient (Wildman–Crippen LogP) is 4.05. The van der Waals surface area contributed by atoms with E-state index >= 15 is 0 Å². The standard InChI is InChI=1S/C14H17FN2/c1-3-12(4-2)17-10-11(9-16-17)13-7-5-6-8-14(13)15/h5-10,12H,3-4H2,1-2H3. The summed E-state index contributed by atoms with van der Waals surface area (Å²) in [4.78, 5) is 0. The topological polar surface area (TPSA) is 17.8 Å². The average molecular weight is 232 g/mol. The van der Waals surface area contributed by atoms with E-state index in [-0.39, 0.29) is 5.82 Å². The number of benzene rings is 1. The number of hydrogen-bond acceptors (Lipinski definition) is 1. The van der Waals surface area contributed by atoms with Crippen molar-refractivity contribution in [3.05, 3.63) is 42.5 Å². The maximum atomic E-state index is 13.6. The zero-order valence-electron chi connectivity index (χ0n) is 10.2. The van der Waals surface area contributed by atoms with E-state index in [0.717, 1.165) is 18.4 Å². The van der Waals surface area contributed by atoms with Crippen LogP contribution < -0.4 is 0 Å². The second kappa shape index (κ2) is 5.13. The third kappa shape index (κ3) is 2.38. The fourth-order valence-electron chi connectivity index (χ4n) is 2.03. The first-order valence-electron chi connectivity index (χ1n) is 6.05. The number of nitrogens with zero attached hydrogens (tertiary/aromatic N) is 2. The summed E-state index contributed by atoms with van der Waals surface area (Å²) in [6.45, 7) is 4.28. The Morgan fingerprint density at radius 1 is 1.24 bits per heavy atom. The molecule has 0 fully saturated rings. The second-order valence-electron chi connectivity index (χ2n) is 4.16. The van der Waals surface area contributed by atoms with Crippen LogP contribution in [0.3, 0.4) is 0 Å². The molecular weight excluding hydrogens is 215 g/mol. The lowest BCUT2D eigenvalue weighted by atomic mass is 10.1. The smallest absolute Gasteiger partial charge is 0.131 e. The van der Waals surface area contributed by atoms with E-state index in [1.54, 1.807) is 18.3 Å². The van der Waals surface area contributed by atoms with E-state index in [1.807, 2.05) is 16.9 Å². The van der Waals surface area contributed by atoms with Crippen molar-refractivity contribution in [2.24, 2.45) is 0 Å². The van der Waals surface area contributed by atoms with Gasteiger partial charge in [-0.1, -0.05) is 32.0 Å². The van der Waals surface area contributed by atoms with Crippen LogP contribution >= 0.6 is 0 Å². The van der Waals surface area contributed by atoms with E-state index in [2.05, 4.69) is 18.9 Å². The van der Waals surface area contributed by atoms with Crippen LogP contribution in [0.2, 0.25) is 0 Å².